The lowest BCUT2D eigenvalue weighted by Crippen LogP contribution is -2.13. The van der Waals surface area contributed by atoms with Crippen LogP contribution in [0.4, 0.5) is 13.2 Å². The number of allylic oxidation sites excluding steroid dienone is 1. The van der Waals surface area contributed by atoms with Gasteiger partial charge >= 0.3 is 13.8 Å². The smallest absolute Gasteiger partial charge is 0.302 e. The monoisotopic (exact) mass is 378 g/mol. The van der Waals surface area contributed by atoms with Crippen LogP contribution >= 0.6 is 7.60 Å². The summed E-state index contributed by atoms with van der Waals surface area (Å²) in [6.45, 7) is 7.49. The Labute approximate surface area is 145 Å². The maximum atomic E-state index is 13.2. The van der Waals surface area contributed by atoms with Gasteiger partial charge in [-0.15, -0.1) is 0 Å². The molecule has 1 aromatic carbocycles. The Morgan fingerprint density at radius 3 is 1.96 bits per heavy atom. The highest BCUT2D eigenvalue weighted by Crippen LogP contribution is 2.59. The van der Waals surface area contributed by atoms with Gasteiger partial charge in [0.05, 0.1) is 17.8 Å². The van der Waals surface area contributed by atoms with Crippen molar-refractivity contribution in [3.05, 3.63) is 40.7 Å². The largest absolute Gasteiger partial charge is 0.416 e. The van der Waals surface area contributed by atoms with Gasteiger partial charge in [0.25, 0.3) is 0 Å². The Morgan fingerprint density at radius 2 is 1.56 bits per heavy atom. The van der Waals surface area contributed by atoms with Crippen LogP contribution < -0.4 is 0 Å². The second-order valence-corrected chi connectivity index (χ2v) is 7.87. The van der Waals surface area contributed by atoms with Gasteiger partial charge < -0.3 is 9.05 Å². The minimum Gasteiger partial charge on any atom is -0.302 e. The van der Waals surface area contributed by atoms with E-state index in [0.717, 1.165) is 19.1 Å². The average molecular weight is 378 g/mol. The number of hydrogen-bond donors (Lipinski definition) is 0. The molecule has 0 saturated heterocycles. The van der Waals surface area contributed by atoms with E-state index in [1.54, 1.807) is 27.7 Å². The SMILES string of the molecule is CC(=O)/C(=C\c1ccccc1C(F)(F)F)P(=O)(OC(C)C)OC(C)C. The van der Waals surface area contributed by atoms with E-state index >= 15 is 0 Å². The second-order valence-electron chi connectivity index (χ2n) is 5.98. The zero-order valence-electron chi connectivity index (χ0n) is 14.8. The first kappa shape index (κ1) is 21.6. The minimum atomic E-state index is -4.61. The molecule has 0 radical (unpaired) electrons. The van der Waals surface area contributed by atoms with Crippen LogP contribution in [0.3, 0.4) is 0 Å². The van der Waals surface area contributed by atoms with Crippen LogP contribution in [-0.2, 0) is 24.6 Å². The average Bonchev–Trinajstić information content (AvgIpc) is 2.41. The lowest BCUT2D eigenvalue weighted by Gasteiger charge is -2.24. The van der Waals surface area contributed by atoms with Crippen molar-refractivity contribution in [1.29, 1.82) is 0 Å². The van der Waals surface area contributed by atoms with Gasteiger partial charge in [-0.3, -0.25) is 9.36 Å². The molecule has 25 heavy (non-hydrogen) atoms. The molecule has 1 aromatic rings. The summed E-state index contributed by atoms with van der Waals surface area (Å²) in [5.41, 5.74) is -1.21. The summed E-state index contributed by atoms with van der Waals surface area (Å²) in [6.07, 6.45) is -4.77. The standard InChI is InChI=1S/C17H22F3O4P/c1-11(2)23-25(22,24-12(3)4)16(13(5)21)10-14-8-6-7-9-15(14)17(18,19)20/h6-12H,1-5H3/b16-10+. The Balaban J connectivity index is 3.57. The highest BCUT2D eigenvalue weighted by molar-refractivity contribution is 7.60. The van der Waals surface area contributed by atoms with Crippen molar-refractivity contribution >= 4 is 19.5 Å². The molecular formula is C17H22F3O4P. The summed E-state index contributed by atoms with van der Waals surface area (Å²) in [5.74, 6) is -0.679. The van der Waals surface area contributed by atoms with Gasteiger partial charge in [0.1, 0.15) is 5.31 Å². The Kier molecular flexibility index (Phi) is 7.18. The van der Waals surface area contributed by atoms with Gasteiger partial charge in [-0.25, -0.2) is 0 Å². The van der Waals surface area contributed by atoms with E-state index in [9.17, 15) is 22.5 Å². The predicted molar refractivity (Wildman–Crippen MR) is 90.2 cm³/mol. The topological polar surface area (TPSA) is 52.6 Å². The summed E-state index contributed by atoms with van der Waals surface area (Å²) in [6, 6.07) is 4.72. The molecule has 0 amide bonds. The summed E-state index contributed by atoms with van der Waals surface area (Å²) in [7, 11) is -4.09. The number of ketones is 1. The third-order valence-electron chi connectivity index (χ3n) is 2.91. The van der Waals surface area contributed by atoms with Crippen molar-refractivity contribution in [2.45, 2.75) is 53.0 Å². The summed E-state index contributed by atoms with van der Waals surface area (Å²) >= 11 is 0. The molecule has 0 heterocycles. The van der Waals surface area contributed by atoms with E-state index < -0.39 is 42.6 Å². The van der Waals surface area contributed by atoms with E-state index in [-0.39, 0.29) is 5.56 Å². The third kappa shape index (κ3) is 6.10. The molecule has 0 saturated carbocycles. The molecule has 0 bridgehead atoms. The fourth-order valence-electron chi connectivity index (χ4n) is 2.10. The molecule has 0 aliphatic carbocycles. The number of carbonyl (C=O) groups excluding carboxylic acids is 1. The van der Waals surface area contributed by atoms with Crippen LogP contribution in [0.15, 0.2) is 29.6 Å². The first-order valence-corrected chi connectivity index (χ1v) is 9.27. The molecule has 0 atom stereocenters. The number of Topliss-reactive ketones (excluding diaryl/α,β-unsaturated/α-hetero) is 1. The van der Waals surface area contributed by atoms with Crippen LogP contribution in [0.5, 0.6) is 0 Å². The van der Waals surface area contributed by atoms with Crippen molar-refractivity contribution in [3.8, 4) is 0 Å². The third-order valence-corrected chi connectivity index (χ3v) is 5.35. The molecule has 0 unspecified atom stereocenters. The van der Waals surface area contributed by atoms with E-state index in [4.69, 9.17) is 9.05 Å². The van der Waals surface area contributed by atoms with Crippen LogP contribution in [0.1, 0.15) is 45.7 Å². The molecule has 0 fully saturated rings. The Morgan fingerprint density at radius 1 is 1.08 bits per heavy atom. The van der Waals surface area contributed by atoms with E-state index in [0.29, 0.717) is 0 Å². The lowest BCUT2D eigenvalue weighted by molar-refractivity contribution is -0.137. The van der Waals surface area contributed by atoms with Gasteiger partial charge in [0.15, 0.2) is 5.78 Å². The molecule has 0 aliphatic heterocycles. The fourth-order valence-corrected chi connectivity index (χ4v) is 4.17. The predicted octanol–water partition coefficient (Wildman–Crippen LogP) is 5.68. The highest BCUT2D eigenvalue weighted by Gasteiger charge is 2.37. The van der Waals surface area contributed by atoms with Crippen LogP contribution in [0, 0.1) is 0 Å². The molecule has 0 aromatic heterocycles. The molecular weight excluding hydrogens is 356 g/mol. The van der Waals surface area contributed by atoms with Gasteiger partial charge in [-0.2, -0.15) is 13.2 Å². The normalized spacial score (nSPS) is 13.6. The zero-order chi connectivity index (χ0) is 19.4. The van der Waals surface area contributed by atoms with E-state index in [1.807, 2.05) is 0 Å². The number of carbonyl (C=O) groups is 1. The second kappa shape index (κ2) is 8.30. The van der Waals surface area contributed by atoms with E-state index in [2.05, 4.69) is 0 Å². The van der Waals surface area contributed by atoms with Gasteiger partial charge in [-0.05, 0) is 52.3 Å². The minimum absolute atomic E-state index is 0.278. The maximum Gasteiger partial charge on any atom is 0.416 e. The molecule has 140 valence electrons. The quantitative estimate of drug-likeness (QED) is 0.453. The molecule has 0 spiro atoms. The van der Waals surface area contributed by atoms with Gasteiger partial charge in [0, 0.05) is 0 Å². The lowest BCUT2D eigenvalue weighted by atomic mass is 10.1. The van der Waals surface area contributed by atoms with Crippen LogP contribution in [-0.4, -0.2) is 18.0 Å². The molecule has 4 nitrogen and oxygen atoms in total. The highest BCUT2D eigenvalue weighted by atomic mass is 31.2. The van der Waals surface area contributed by atoms with Gasteiger partial charge in [-0.1, -0.05) is 18.2 Å². The van der Waals surface area contributed by atoms with Crippen molar-refractivity contribution in [1.82, 2.24) is 0 Å². The number of rotatable bonds is 7. The van der Waals surface area contributed by atoms with E-state index in [1.165, 1.54) is 18.2 Å². The van der Waals surface area contributed by atoms with Crippen molar-refractivity contribution in [2.24, 2.45) is 0 Å². The molecule has 0 N–H and O–H groups in total. The molecule has 0 aliphatic rings. The zero-order valence-corrected chi connectivity index (χ0v) is 15.6. The Bertz CT molecular complexity index is 679. The molecule has 1 rings (SSSR count). The van der Waals surface area contributed by atoms with Crippen LogP contribution in [0.25, 0.3) is 6.08 Å². The first-order valence-electron chi connectivity index (χ1n) is 7.73. The Hall–Kier alpha value is -1.43. The molecule has 8 heteroatoms. The van der Waals surface area contributed by atoms with Crippen molar-refractivity contribution < 1.29 is 31.6 Å². The van der Waals surface area contributed by atoms with Crippen molar-refractivity contribution in [2.75, 3.05) is 0 Å². The first-order chi connectivity index (χ1) is 11.4. The van der Waals surface area contributed by atoms with Gasteiger partial charge in [0.2, 0.25) is 0 Å². The number of alkyl halides is 3. The fraction of sp³-hybridized carbons (Fsp3) is 0.471. The maximum absolute atomic E-state index is 13.2. The summed E-state index contributed by atoms with van der Waals surface area (Å²) in [4.78, 5) is 12.0. The summed E-state index contributed by atoms with van der Waals surface area (Å²) in [5, 5.41) is -0.411. The number of halogens is 3. The number of benzene rings is 1. The number of hydrogen-bond acceptors (Lipinski definition) is 4. The van der Waals surface area contributed by atoms with Crippen molar-refractivity contribution in [3.63, 3.8) is 0 Å². The summed E-state index contributed by atoms with van der Waals surface area (Å²) < 4.78 is 63.3. The van der Waals surface area contributed by atoms with Crippen LogP contribution in [0.2, 0.25) is 0 Å².